The highest BCUT2D eigenvalue weighted by Crippen LogP contribution is 2.22. The van der Waals surface area contributed by atoms with Gasteiger partial charge >= 0.3 is 0 Å². The number of hydrogen-bond donors (Lipinski definition) is 1. The van der Waals surface area contributed by atoms with Crippen LogP contribution in [0.1, 0.15) is 29.8 Å². The summed E-state index contributed by atoms with van der Waals surface area (Å²) in [5.41, 5.74) is 4.10. The third-order valence-electron chi connectivity index (χ3n) is 3.51. The molecule has 1 atom stereocenters. The summed E-state index contributed by atoms with van der Waals surface area (Å²) in [6.45, 7) is 6.12. The summed E-state index contributed by atoms with van der Waals surface area (Å²) < 4.78 is 1.84. The van der Waals surface area contributed by atoms with E-state index in [0.717, 1.165) is 27.7 Å². The summed E-state index contributed by atoms with van der Waals surface area (Å²) in [5, 5.41) is 8.63. The first kappa shape index (κ1) is 13.9. The van der Waals surface area contributed by atoms with Gasteiger partial charge in [0.15, 0.2) is 5.65 Å². The Morgan fingerprint density at radius 1 is 1.19 bits per heavy atom. The Morgan fingerprint density at radius 3 is 2.62 bits per heavy atom. The van der Waals surface area contributed by atoms with Crippen LogP contribution in [-0.2, 0) is 0 Å². The fraction of sp³-hybridized carbons (Fsp3) is 0.250. The zero-order chi connectivity index (χ0) is 15.0. The maximum absolute atomic E-state index is 5.94. The van der Waals surface area contributed by atoms with Crippen LogP contribution in [0.3, 0.4) is 0 Å². The molecule has 108 valence electrons. The summed E-state index contributed by atoms with van der Waals surface area (Å²) in [4.78, 5) is 4.53. The SMILES string of the molecule is Cc1cc(NC(C)c2ccc(Cl)cc2)n2ncc(C)c2n1. The van der Waals surface area contributed by atoms with Crippen LogP contribution >= 0.6 is 11.6 Å². The fourth-order valence-electron chi connectivity index (χ4n) is 2.35. The summed E-state index contributed by atoms with van der Waals surface area (Å²) in [6.07, 6.45) is 1.83. The van der Waals surface area contributed by atoms with Gasteiger partial charge in [-0.2, -0.15) is 9.61 Å². The molecule has 2 heterocycles. The van der Waals surface area contributed by atoms with Crippen molar-refractivity contribution in [3.8, 4) is 0 Å². The van der Waals surface area contributed by atoms with Crippen molar-refractivity contribution in [3.63, 3.8) is 0 Å². The Labute approximate surface area is 128 Å². The molecule has 1 N–H and O–H groups in total. The van der Waals surface area contributed by atoms with Gasteiger partial charge in [-0.3, -0.25) is 0 Å². The number of fused-ring (bicyclic) bond motifs is 1. The van der Waals surface area contributed by atoms with Gasteiger partial charge in [0, 0.05) is 28.4 Å². The van der Waals surface area contributed by atoms with E-state index in [4.69, 9.17) is 11.6 Å². The average molecular weight is 301 g/mol. The van der Waals surface area contributed by atoms with E-state index in [2.05, 4.69) is 22.3 Å². The zero-order valence-corrected chi connectivity index (χ0v) is 13.0. The Morgan fingerprint density at radius 2 is 1.90 bits per heavy atom. The lowest BCUT2D eigenvalue weighted by Gasteiger charge is -2.17. The van der Waals surface area contributed by atoms with Gasteiger partial charge in [0.2, 0.25) is 0 Å². The van der Waals surface area contributed by atoms with Crippen LogP contribution in [0.4, 0.5) is 5.82 Å². The highest BCUT2D eigenvalue weighted by molar-refractivity contribution is 6.30. The Balaban J connectivity index is 1.95. The number of benzene rings is 1. The standard InChI is InChI=1S/C16H17ClN4/c1-10-9-18-21-15(8-11(2)19-16(10)21)20-12(3)13-4-6-14(17)7-5-13/h4-9,12,20H,1-3H3. The third-order valence-corrected chi connectivity index (χ3v) is 3.76. The molecule has 3 aromatic rings. The molecule has 0 aliphatic rings. The van der Waals surface area contributed by atoms with Gasteiger partial charge < -0.3 is 5.32 Å². The number of nitrogens with zero attached hydrogens (tertiary/aromatic N) is 3. The monoisotopic (exact) mass is 300 g/mol. The van der Waals surface area contributed by atoms with Crippen LogP contribution in [-0.4, -0.2) is 14.6 Å². The van der Waals surface area contributed by atoms with E-state index in [1.54, 1.807) is 0 Å². The first-order chi connectivity index (χ1) is 10.0. The Bertz CT molecular complexity index is 777. The second-order valence-corrected chi connectivity index (χ2v) is 5.70. The second-order valence-electron chi connectivity index (χ2n) is 5.26. The Kier molecular flexibility index (Phi) is 3.55. The summed E-state index contributed by atoms with van der Waals surface area (Å²) in [6, 6.07) is 10.0. The third kappa shape index (κ3) is 2.72. The summed E-state index contributed by atoms with van der Waals surface area (Å²) in [5.74, 6) is 0.938. The number of halogens is 1. The van der Waals surface area contributed by atoms with E-state index < -0.39 is 0 Å². The van der Waals surface area contributed by atoms with Crippen LogP contribution in [0, 0.1) is 13.8 Å². The lowest BCUT2D eigenvalue weighted by atomic mass is 10.1. The molecule has 3 rings (SSSR count). The lowest BCUT2D eigenvalue weighted by molar-refractivity contribution is 0.838. The lowest BCUT2D eigenvalue weighted by Crippen LogP contribution is -2.11. The number of hydrogen-bond acceptors (Lipinski definition) is 3. The van der Waals surface area contributed by atoms with Gasteiger partial charge in [-0.1, -0.05) is 23.7 Å². The minimum absolute atomic E-state index is 0.150. The van der Waals surface area contributed by atoms with Crippen molar-refractivity contribution >= 4 is 23.1 Å². The number of anilines is 1. The van der Waals surface area contributed by atoms with Gasteiger partial charge in [0.1, 0.15) is 5.82 Å². The molecule has 0 aliphatic carbocycles. The quantitative estimate of drug-likeness (QED) is 0.789. The predicted octanol–water partition coefficient (Wildman–Crippen LogP) is 4.17. The molecule has 0 aliphatic heterocycles. The first-order valence-electron chi connectivity index (χ1n) is 6.88. The van der Waals surface area contributed by atoms with Gasteiger partial charge in [-0.05, 0) is 38.5 Å². The average Bonchev–Trinajstić information content (AvgIpc) is 2.81. The molecule has 2 aromatic heterocycles. The topological polar surface area (TPSA) is 42.2 Å². The van der Waals surface area contributed by atoms with Crippen LogP contribution in [0.2, 0.25) is 5.02 Å². The van der Waals surface area contributed by atoms with E-state index in [9.17, 15) is 0 Å². The molecule has 0 fully saturated rings. The van der Waals surface area contributed by atoms with Crippen molar-refractivity contribution in [2.24, 2.45) is 0 Å². The van der Waals surface area contributed by atoms with Gasteiger partial charge in [0.05, 0.1) is 6.20 Å². The van der Waals surface area contributed by atoms with Gasteiger partial charge in [-0.25, -0.2) is 4.98 Å². The maximum atomic E-state index is 5.94. The number of aromatic nitrogens is 3. The normalized spacial score (nSPS) is 12.6. The molecule has 0 radical (unpaired) electrons. The van der Waals surface area contributed by atoms with Crippen molar-refractivity contribution in [2.45, 2.75) is 26.8 Å². The molecular formula is C16H17ClN4. The van der Waals surface area contributed by atoms with E-state index in [0.29, 0.717) is 0 Å². The molecular weight excluding hydrogens is 284 g/mol. The van der Waals surface area contributed by atoms with Crippen molar-refractivity contribution < 1.29 is 0 Å². The van der Waals surface area contributed by atoms with E-state index in [1.165, 1.54) is 5.56 Å². The molecule has 4 nitrogen and oxygen atoms in total. The van der Waals surface area contributed by atoms with E-state index in [1.807, 2.05) is 54.9 Å². The summed E-state index contributed by atoms with van der Waals surface area (Å²) >= 11 is 5.94. The van der Waals surface area contributed by atoms with Crippen molar-refractivity contribution in [2.75, 3.05) is 5.32 Å². The largest absolute Gasteiger partial charge is 0.363 e. The smallest absolute Gasteiger partial charge is 0.160 e. The number of aryl methyl sites for hydroxylation is 2. The van der Waals surface area contributed by atoms with Crippen molar-refractivity contribution in [1.29, 1.82) is 0 Å². The summed E-state index contributed by atoms with van der Waals surface area (Å²) in [7, 11) is 0. The van der Waals surface area contributed by atoms with Gasteiger partial charge in [0.25, 0.3) is 0 Å². The molecule has 1 aromatic carbocycles. The predicted molar refractivity (Wildman–Crippen MR) is 86.0 cm³/mol. The zero-order valence-electron chi connectivity index (χ0n) is 12.3. The van der Waals surface area contributed by atoms with Crippen LogP contribution in [0.25, 0.3) is 5.65 Å². The van der Waals surface area contributed by atoms with E-state index in [-0.39, 0.29) is 6.04 Å². The van der Waals surface area contributed by atoms with Crippen molar-refractivity contribution in [1.82, 2.24) is 14.6 Å². The van der Waals surface area contributed by atoms with Gasteiger partial charge in [-0.15, -0.1) is 0 Å². The highest BCUT2D eigenvalue weighted by Gasteiger charge is 2.11. The molecule has 0 bridgehead atoms. The maximum Gasteiger partial charge on any atom is 0.160 e. The molecule has 0 amide bonds. The highest BCUT2D eigenvalue weighted by atomic mass is 35.5. The number of nitrogens with one attached hydrogen (secondary N) is 1. The van der Waals surface area contributed by atoms with Crippen LogP contribution in [0.15, 0.2) is 36.5 Å². The Hall–Kier alpha value is -2.07. The first-order valence-corrected chi connectivity index (χ1v) is 7.26. The van der Waals surface area contributed by atoms with E-state index >= 15 is 0 Å². The molecule has 0 saturated heterocycles. The molecule has 5 heteroatoms. The minimum atomic E-state index is 0.150. The molecule has 0 saturated carbocycles. The van der Waals surface area contributed by atoms with Crippen LogP contribution < -0.4 is 5.32 Å². The molecule has 21 heavy (non-hydrogen) atoms. The van der Waals surface area contributed by atoms with Crippen LogP contribution in [0.5, 0.6) is 0 Å². The van der Waals surface area contributed by atoms with Crippen molar-refractivity contribution in [3.05, 3.63) is 58.4 Å². The molecule has 0 spiro atoms. The molecule has 1 unspecified atom stereocenters. The fourth-order valence-corrected chi connectivity index (χ4v) is 2.48. The number of rotatable bonds is 3. The second kappa shape index (κ2) is 5.37. The minimum Gasteiger partial charge on any atom is -0.363 e.